The molecule has 0 atom stereocenters. The number of hydrogen-bond acceptors (Lipinski definition) is 2. The van der Waals surface area contributed by atoms with Crippen LogP contribution in [0.5, 0.6) is 0 Å². The summed E-state index contributed by atoms with van der Waals surface area (Å²) in [5.74, 6) is -0.102. The maximum Gasteiger partial charge on any atom is 0.267 e. The van der Waals surface area contributed by atoms with Crippen LogP contribution in [-0.4, -0.2) is 23.6 Å². The van der Waals surface area contributed by atoms with Crippen molar-refractivity contribution in [2.45, 2.75) is 26.3 Å². The first-order valence-electron chi connectivity index (χ1n) is 5.83. The van der Waals surface area contributed by atoms with Crippen molar-refractivity contribution in [1.29, 1.82) is 0 Å². The number of halogens is 1. The smallest absolute Gasteiger partial charge is 0.267 e. The first kappa shape index (κ1) is 14.6. The Labute approximate surface area is 114 Å². The molecule has 0 spiro atoms. The average molecular weight is 314 g/mol. The highest BCUT2D eigenvalue weighted by molar-refractivity contribution is 9.10. The third kappa shape index (κ3) is 4.43. The summed E-state index contributed by atoms with van der Waals surface area (Å²) in [6, 6.07) is 1.80. The van der Waals surface area contributed by atoms with E-state index in [1.807, 2.05) is 10.8 Å². The Hall–Kier alpha value is -1.46. The lowest BCUT2D eigenvalue weighted by molar-refractivity contribution is 0.0944. The van der Waals surface area contributed by atoms with Gasteiger partial charge in [-0.05, 0) is 40.4 Å². The Morgan fingerprint density at radius 3 is 3.11 bits per heavy atom. The van der Waals surface area contributed by atoms with Gasteiger partial charge in [0.05, 0.1) is 0 Å². The van der Waals surface area contributed by atoms with E-state index in [9.17, 15) is 4.79 Å². The van der Waals surface area contributed by atoms with Gasteiger partial charge in [0.1, 0.15) is 5.69 Å². The summed E-state index contributed by atoms with van der Waals surface area (Å²) in [5, 5.41) is 6.22. The van der Waals surface area contributed by atoms with Crippen molar-refractivity contribution in [1.82, 2.24) is 9.88 Å². The van der Waals surface area contributed by atoms with Gasteiger partial charge in [-0.2, -0.15) is 0 Å². The zero-order chi connectivity index (χ0) is 13.4. The largest absolute Gasteiger partial charge is 0.351 e. The topological polar surface area (TPSA) is 82.8 Å². The summed E-state index contributed by atoms with van der Waals surface area (Å²) in [5.41, 5.74) is 8.76. The lowest BCUT2D eigenvalue weighted by Crippen LogP contribution is -2.27. The fraction of sp³-hybridized carbons (Fsp3) is 0.545. The van der Waals surface area contributed by atoms with E-state index in [4.69, 9.17) is 5.53 Å². The zero-order valence-corrected chi connectivity index (χ0v) is 11.9. The predicted molar refractivity (Wildman–Crippen MR) is 73.4 cm³/mol. The van der Waals surface area contributed by atoms with Crippen molar-refractivity contribution < 1.29 is 4.79 Å². The minimum atomic E-state index is -0.102. The Balaban J connectivity index is 2.52. The summed E-state index contributed by atoms with van der Waals surface area (Å²) in [4.78, 5) is 14.6. The third-order valence-electron chi connectivity index (χ3n) is 2.34. The molecule has 0 aliphatic rings. The molecule has 98 valence electrons. The van der Waals surface area contributed by atoms with Gasteiger partial charge < -0.3 is 9.88 Å². The van der Waals surface area contributed by atoms with Gasteiger partial charge in [0.15, 0.2) is 0 Å². The molecule has 1 amide bonds. The molecule has 0 aromatic carbocycles. The number of carbonyl (C=O) groups excluding carboxylic acids is 1. The molecule has 7 heteroatoms. The summed E-state index contributed by atoms with van der Waals surface area (Å²) in [6.07, 6.45) is 3.52. The SMILES string of the molecule is CCCn1cc(Br)cc1C(=O)NCCCN=[N+]=[N-]. The molecule has 1 aromatic rings. The molecule has 1 aromatic heterocycles. The van der Waals surface area contributed by atoms with Gasteiger partial charge in [-0.3, -0.25) is 4.79 Å². The van der Waals surface area contributed by atoms with E-state index in [0.717, 1.165) is 17.4 Å². The number of amides is 1. The maximum atomic E-state index is 11.9. The Kier molecular flexibility index (Phi) is 6.32. The Bertz CT molecular complexity index is 450. The van der Waals surface area contributed by atoms with Crippen LogP contribution in [0.4, 0.5) is 0 Å². The second-order valence-corrected chi connectivity index (χ2v) is 4.72. The fourth-order valence-corrected chi connectivity index (χ4v) is 2.04. The van der Waals surface area contributed by atoms with Gasteiger partial charge in [0.2, 0.25) is 0 Å². The maximum absolute atomic E-state index is 11.9. The Morgan fingerprint density at radius 1 is 1.67 bits per heavy atom. The van der Waals surface area contributed by atoms with Crippen molar-refractivity contribution in [3.05, 3.63) is 32.9 Å². The van der Waals surface area contributed by atoms with Crippen LogP contribution >= 0.6 is 15.9 Å². The molecule has 0 bridgehead atoms. The molecular weight excluding hydrogens is 298 g/mol. The second kappa shape index (κ2) is 7.79. The van der Waals surface area contributed by atoms with Gasteiger partial charge in [-0.25, -0.2) is 0 Å². The molecule has 0 saturated heterocycles. The van der Waals surface area contributed by atoms with Crippen LogP contribution in [0.25, 0.3) is 10.4 Å². The molecule has 1 heterocycles. The summed E-state index contributed by atoms with van der Waals surface area (Å²) < 4.78 is 2.82. The van der Waals surface area contributed by atoms with E-state index in [1.165, 1.54) is 0 Å². The van der Waals surface area contributed by atoms with Crippen molar-refractivity contribution in [3.8, 4) is 0 Å². The predicted octanol–water partition coefficient (Wildman–Crippen LogP) is 3.09. The van der Waals surface area contributed by atoms with Crippen molar-refractivity contribution in [2.75, 3.05) is 13.1 Å². The van der Waals surface area contributed by atoms with Gasteiger partial charge in [-0.15, -0.1) is 0 Å². The summed E-state index contributed by atoms with van der Waals surface area (Å²) in [7, 11) is 0. The van der Waals surface area contributed by atoms with Crippen LogP contribution in [0.15, 0.2) is 21.9 Å². The number of azide groups is 1. The van der Waals surface area contributed by atoms with Crippen LogP contribution in [0, 0.1) is 0 Å². The molecule has 0 unspecified atom stereocenters. The Morgan fingerprint density at radius 2 is 2.44 bits per heavy atom. The molecule has 0 radical (unpaired) electrons. The normalized spacial score (nSPS) is 9.89. The average Bonchev–Trinajstić information content (AvgIpc) is 2.70. The molecule has 0 aliphatic carbocycles. The molecular formula is C11H16BrN5O. The molecule has 18 heavy (non-hydrogen) atoms. The molecule has 0 aliphatic heterocycles. The van der Waals surface area contributed by atoms with Crippen LogP contribution in [0.3, 0.4) is 0 Å². The number of aryl methyl sites for hydroxylation is 1. The molecule has 0 fully saturated rings. The lowest BCUT2D eigenvalue weighted by atomic mass is 10.3. The van der Waals surface area contributed by atoms with Crippen molar-refractivity contribution >= 4 is 21.8 Å². The van der Waals surface area contributed by atoms with E-state index >= 15 is 0 Å². The van der Waals surface area contributed by atoms with Crippen molar-refractivity contribution in [2.24, 2.45) is 5.11 Å². The number of rotatable bonds is 7. The third-order valence-corrected chi connectivity index (χ3v) is 2.78. The van der Waals surface area contributed by atoms with E-state index in [-0.39, 0.29) is 5.91 Å². The highest BCUT2D eigenvalue weighted by Gasteiger charge is 2.11. The van der Waals surface area contributed by atoms with E-state index < -0.39 is 0 Å². The number of aromatic nitrogens is 1. The molecule has 6 nitrogen and oxygen atoms in total. The molecule has 1 rings (SSSR count). The first-order valence-corrected chi connectivity index (χ1v) is 6.63. The van der Waals surface area contributed by atoms with Crippen LogP contribution in [0.1, 0.15) is 30.3 Å². The van der Waals surface area contributed by atoms with Gasteiger partial charge in [0, 0.05) is 35.2 Å². The minimum absolute atomic E-state index is 0.102. The zero-order valence-electron chi connectivity index (χ0n) is 10.3. The lowest BCUT2D eigenvalue weighted by Gasteiger charge is -2.07. The summed E-state index contributed by atoms with van der Waals surface area (Å²) in [6.45, 7) is 3.78. The molecule has 0 saturated carbocycles. The monoisotopic (exact) mass is 313 g/mol. The van der Waals surface area contributed by atoms with E-state index in [2.05, 4.69) is 38.2 Å². The van der Waals surface area contributed by atoms with E-state index in [0.29, 0.717) is 25.2 Å². The number of nitrogens with one attached hydrogen (secondary N) is 1. The molecule has 1 N–H and O–H groups in total. The number of carbonyl (C=O) groups is 1. The standard InChI is InChI=1S/C11H16BrN5O/c1-2-6-17-8-9(12)7-10(17)11(18)14-4-3-5-15-16-13/h7-8H,2-6H2,1H3,(H,14,18). The number of hydrogen-bond donors (Lipinski definition) is 1. The van der Waals surface area contributed by atoms with E-state index in [1.54, 1.807) is 6.07 Å². The fourth-order valence-electron chi connectivity index (χ4n) is 1.58. The highest BCUT2D eigenvalue weighted by atomic mass is 79.9. The van der Waals surface area contributed by atoms with Crippen LogP contribution in [0.2, 0.25) is 0 Å². The van der Waals surface area contributed by atoms with Gasteiger partial charge >= 0.3 is 0 Å². The summed E-state index contributed by atoms with van der Waals surface area (Å²) >= 11 is 3.37. The second-order valence-electron chi connectivity index (χ2n) is 3.80. The minimum Gasteiger partial charge on any atom is -0.351 e. The van der Waals surface area contributed by atoms with Gasteiger partial charge in [-0.1, -0.05) is 12.0 Å². The van der Waals surface area contributed by atoms with Gasteiger partial charge in [0.25, 0.3) is 5.91 Å². The first-order chi connectivity index (χ1) is 8.69. The highest BCUT2D eigenvalue weighted by Crippen LogP contribution is 2.15. The van der Waals surface area contributed by atoms with Crippen molar-refractivity contribution in [3.63, 3.8) is 0 Å². The van der Waals surface area contributed by atoms with Crippen LogP contribution < -0.4 is 5.32 Å². The quantitative estimate of drug-likeness (QED) is 0.357. The number of nitrogens with zero attached hydrogens (tertiary/aromatic N) is 4. The van der Waals surface area contributed by atoms with Crippen LogP contribution in [-0.2, 0) is 6.54 Å².